The molecule has 3 aliphatic rings. The molecule has 2 aromatic carbocycles. The minimum atomic E-state index is -0.476. The quantitative estimate of drug-likeness (QED) is 0.469. The molecule has 3 heterocycles. The summed E-state index contributed by atoms with van der Waals surface area (Å²) in [6.45, 7) is 7.57. The molecule has 1 aliphatic carbocycles. The van der Waals surface area contributed by atoms with E-state index in [1.54, 1.807) is 0 Å². The first kappa shape index (κ1) is 22.6. The van der Waals surface area contributed by atoms with Gasteiger partial charge < -0.3 is 14.6 Å². The number of nitriles is 1. The number of nitrogens with zero attached hydrogens (tertiary/aromatic N) is 3. The standard InChI is InChI=1S/C28H32N4O2/c1-4-24-31-25(34-32-24)20-6-5-7-23(16-20)30-18-27-12-14-28(15-13-27,33-19-27)22-10-8-21(9-11-22)26(2,3)17-29/h5-11,16,30H,4,12-15,18-19H2,1-3H3. The van der Waals surface area contributed by atoms with Crippen molar-refractivity contribution in [2.45, 2.75) is 63.9 Å². The van der Waals surface area contributed by atoms with E-state index >= 15 is 0 Å². The third-order valence-corrected chi connectivity index (χ3v) is 7.75. The molecule has 176 valence electrons. The van der Waals surface area contributed by atoms with Gasteiger partial charge in [-0.1, -0.05) is 42.4 Å². The topological polar surface area (TPSA) is 84.0 Å². The number of aromatic nitrogens is 2. The zero-order valence-electron chi connectivity index (χ0n) is 20.2. The van der Waals surface area contributed by atoms with Gasteiger partial charge in [-0.15, -0.1) is 0 Å². The number of nitrogens with one attached hydrogen (secondary N) is 1. The Hall–Kier alpha value is -3.17. The smallest absolute Gasteiger partial charge is 0.257 e. The lowest BCUT2D eigenvalue weighted by atomic mass is 9.64. The van der Waals surface area contributed by atoms with Crippen LogP contribution in [0.4, 0.5) is 5.69 Å². The summed E-state index contributed by atoms with van der Waals surface area (Å²) in [4.78, 5) is 4.44. The number of rotatable bonds is 7. The van der Waals surface area contributed by atoms with Crippen molar-refractivity contribution in [1.82, 2.24) is 10.1 Å². The van der Waals surface area contributed by atoms with Crippen LogP contribution in [0.15, 0.2) is 53.1 Å². The number of hydrogen-bond donors (Lipinski definition) is 1. The Labute approximate surface area is 201 Å². The molecule has 0 atom stereocenters. The summed E-state index contributed by atoms with van der Waals surface area (Å²) >= 11 is 0. The Bertz CT molecular complexity index is 1180. The van der Waals surface area contributed by atoms with Gasteiger partial charge in [0.15, 0.2) is 5.82 Å². The molecule has 0 spiro atoms. The van der Waals surface area contributed by atoms with Crippen LogP contribution in [-0.2, 0) is 22.2 Å². The van der Waals surface area contributed by atoms with Gasteiger partial charge in [0.25, 0.3) is 5.89 Å². The van der Waals surface area contributed by atoms with Gasteiger partial charge in [0.05, 0.1) is 23.7 Å². The van der Waals surface area contributed by atoms with E-state index in [9.17, 15) is 5.26 Å². The van der Waals surface area contributed by atoms with Crippen LogP contribution >= 0.6 is 0 Å². The summed E-state index contributed by atoms with van der Waals surface area (Å²) in [5.41, 5.74) is 3.77. The highest BCUT2D eigenvalue weighted by Gasteiger charge is 2.50. The zero-order chi connectivity index (χ0) is 23.8. The van der Waals surface area contributed by atoms with E-state index in [1.165, 1.54) is 5.56 Å². The molecule has 3 aromatic rings. The lowest BCUT2D eigenvalue weighted by Gasteiger charge is -2.53. The average Bonchev–Trinajstić information content (AvgIpc) is 3.39. The van der Waals surface area contributed by atoms with Gasteiger partial charge in [-0.3, -0.25) is 0 Å². The van der Waals surface area contributed by atoms with Crippen molar-refractivity contribution in [1.29, 1.82) is 5.26 Å². The van der Waals surface area contributed by atoms with E-state index in [2.05, 4.69) is 57.9 Å². The fourth-order valence-electron chi connectivity index (χ4n) is 5.19. The Balaban J connectivity index is 1.24. The summed E-state index contributed by atoms with van der Waals surface area (Å²) in [6, 6.07) is 19.1. The first-order valence-electron chi connectivity index (χ1n) is 12.2. The number of aryl methyl sites for hydroxylation is 1. The first-order chi connectivity index (χ1) is 16.4. The molecule has 6 nitrogen and oxygen atoms in total. The number of benzene rings is 2. The monoisotopic (exact) mass is 456 g/mol. The molecule has 6 rings (SSSR count). The molecule has 0 unspecified atom stereocenters. The summed E-state index contributed by atoms with van der Waals surface area (Å²) in [5.74, 6) is 1.28. The van der Waals surface area contributed by atoms with Gasteiger partial charge in [-0.05, 0) is 68.9 Å². The molecule has 0 amide bonds. The predicted molar refractivity (Wildman–Crippen MR) is 131 cm³/mol. The Morgan fingerprint density at radius 1 is 1.09 bits per heavy atom. The largest absolute Gasteiger partial charge is 0.384 e. The number of ether oxygens (including phenoxy) is 1. The van der Waals surface area contributed by atoms with Crippen molar-refractivity contribution < 1.29 is 9.26 Å². The molecular formula is C28H32N4O2. The summed E-state index contributed by atoms with van der Waals surface area (Å²) < 4.78 is 12.0. The normalized spacial score (nSPS) is 24.1. The molecular weight excluding hydrogens is 424 g/mol. The lowest BCUT2D eigenvalue weighted by molar-refractivity contribution is -0.185. The molecule has 1 N–H and O–H groups in total. The molecule has 0 radical (unpaired) electrons. The SMILES string of the molecule is CCc1noc(-c2cccc(NCC34CCC(c5ccc(C(C)(C)C#N)cc5)(CC3)OC4)c2)n1. The fourth-order valence-corrected chi connectivity index (χ4v) is 5.19. The molecule has 3 fully saturated rings. The molecule has 34 heavy (non-hydrogen) atoms. The molecule has 2 aliphatic heterocycles. The van der Waals surface area contributed by atoms with Crippen LogP contribution < -0.4 is 5.32 Å². The van der Waals surface area contributed by atoms with Crippen molar-refractivity contribution >= 4 is 5.69 Å². The Morgan fingerprint density at radius 3 is 2.47 bits per heavy atom. The maximum atomic E-state index is 9.42. The van der Waals surface area contributed by atoms with Crippen LogP contribution in [0, 0.1) is 16.7 Å². The van der Waals surface area contributed by atoms with Crippen LogP contribution in [-0.4, -0.2) is 23.3 Å². The van der Waals surface area contributed by atoms with Gasteiger partial charge in [0, 0.05) is 29.6 Å². The van der Waals surface area contributed by atoms with Gasteiger partial charge in [-0.25, -0.2) is 0 Å². The predicted octanol–water partition coefficient (Wildman–Crippen LogP) is 6.00. The zero-order valence-corrected chi connectivity index (χ0v) is 20.2. The molecule has 1 saturated carbocycles. The highest BCUT2D eigenvalue weighted by Crippen LogP contribution is 2.53. The highest BCUT2D eigenvalue weighted by molar-refractivity contribution is 5.61. The second-order valence-electron chi connectivity index (χ2n) is 10.4. The van der Waals surface area contributed by atoms with Crippen molar-refractivity contribution in [3.63, 3.8) is 0 Å². The highest BCUT2D eigenvalue weighted by atomic mass is 16.5. The first-order valence-corrected chi connectivity index (χ1v) is 12.2. The van der Waals surface area contributed by atoms with E-state index in [-0.39, 0.29) is 11.0 Å². The van der Waals surface area contributed by atoms with Gasteiger partial charge in [-0.2, -0.15) is 10.2 Å². The van der Waals surface area contributed by atoms with Crippen molar-refractivity contribution in [3.05, 3.63) is 65.5 Å². The molecule has 1 aromatic heterocycles. The van der Waals surface area contributed by atoms with Crippen molar-refractivity contribution in [2.75, 3.05) is 18.5 Å². The fraction of sp³-hybridized carbons (Fsp3) is 0.464. The number of anilines is 1. The van der Waals surface area contributed by atoms with Gasteiger partial charge >= 0.3 is 0 Å². The number of fused-ring (bicyclic) bond motifs is 3. The van der Waals surface area contributed by atoms with E-state index < -0.39 is 5.41 Å². The van der Waals surface area contributed by atoms with Crippen molar-refractivity contribution in [3.8, 4) is 17.5 Å². The Kier molecular flexibility index (Phi) is 5.69. The molecule has 2 saturated heterocycles. The van der Waals surface area contributed by atoms with Crippen molar-refractivity contribution in [2.24, 2.45) is 5.41 Å². The minimum absolute atomic E-state index is 0.153. The van der Waals surface area contributed by atoms with E-state index in [0.29, 0.717) is 5.89 Å². The van der Waals surface area contributed by atoms with E-state index in [4.69, 9.17) is 9.26 Å². The summed E-state index contributed by atoms with van der Waals surface area (Å²) in [6.07, 6.45) is 5.08. The maximum absolute atomic E-state index is 9.42. The van der Waals surface area contributed by atoms with Crippen LogP contribution in [0.1, 0.15) is 63.4 Å². The molecule has 2 bridgehead atoms. The lowest BCUT2D eigenvalue weighted by Crippen LogP contribution is -2.51. The summed E-state index contributed by atoms with van der Waals surface area (Å²) in [7, 11) is 0. The van der Waals surface area contributed by atoms with E-state index in [0.717, 1.165) is 67.9 Å². The van der Waals surface area contributed by atoms with E-state index in [1.807, 2.05) is 32.9 Å². The number of hydrogen-bond acceptors (Lipinski definition) is 6. The second-order valence-corrected chi connectivity index (χ2v) is 10.4. The van der Waals surface area contributed by atoms with Crippen LogP contribution in [0.3, 0.4) is 0 Å². The van der Waals surface area contributed by atoms with Crippen LogP contribution in [0.5, 0.6) is 0 Å². The third kappa shape index (κ3) is 4.10. The maximum Gasteiger partial charge on any atom is 0.257 e. The van der Waals surface area contributed by atoms with Gasteiger partial charge in [0.1, 0.15) is 0 Å². The molecule has 6 heteroatoms. The van der Waals surface area contributed by atoms with Crippen LogP contribution in [0.2, 0.25) is 0 Å². The second kappa shape index (κ2) is 8.56. The third-order valence-electron chi connectivity index (χ3n) is 7.75. The van der Waals surface area contributed by atoms with Gasteiger partial charge in [0.2, 0.25) is 0 Å². The average molecular weight is 457 g/mol. The summed E-state index contributed by atoms with van der Waals surface area (Å²) in [5, 5.41) is 17.1. The van der Waals surface area contributed by atoms with Crippen LogP contribution in [0.25, 0.3) is 11.5 Å². The minimum Gasteiger partial charge on any atom is -0.384 e. The Morgan fingerprint density at radius 2 is 1.85 bits per heavy atom.